The second-order valence-corrected chi connectivity index (χ2v) is 10.6. The van der Waals surface area contributed by atoms with E-state index < -0.39 is 0 Å². The normalized spacial score (nSPS) is 21.3. The lowest BCUT2D eigenvalue weighted by molar-refractivity contribution is -0.123. The van der Waals surface area contributed by atoms with E-state index in [0.29, 0.717) is 17.3 Å². The fourth-order valence-electron chi connectivity index (χ4n) is 5.48. The third-order valence-electron chi connectivity index (χ3n) is 7.20. The maximum absolute atomic E-state index is 13.0. The predicted octanol–water partition coefficient (Wildman–Crippen LogP) is 5.07. The van der Waals surface area contributed by atoms with E-state index in [1.807, 2.05) is 18.2 Å². The maximum Gasteiger partial charge on any atom is 0.228 e. The largest absolute Gasteiger partial charge is 0.354 e. The van der Waals surface area contributed by atoms with Crippen LogP contribution in [0, 0.1) is 5.92 Å². The second kappa shape index (κ2) is 8.69. The molecule has 0 saturated heterocycles. The zero-order chi connectivity index (χ0) is 24.0. The first-order valence-corrected chi connectivity index (χ1v) is 12.3. The third-order valence-corrected chi connectivity index (χ3v) is 7.50. The summed E-state index contributed by atoms with van der Waals surface area (Å²) in [5.41, 5.74) is 4.11. The summed E-state index contributed by atoms with van der Waals surface area (Å²) in [4.78, 5) is 28.7. The van der Waals surface area contributed by atoms with Crippen LogP contribution in [-0.2, 0) is 21.5 Å². The van der Waals surface area contributed by atoms with Crippen molar-refractivity contribution >= 4 is 40.1 Å². The molecule has 0 radical (unpaired) electrons. The van der Waals surface area contributed by atoms with Gasteiger partial charge in [0.05, 0.1) is 16.2 Å². The van der Waals surface area contributed by atoms with E-state index in [2.05, 4.69) is 40.2 Å². The van der Waals surface area contributed by atoms with Crippen molar-refractivity contribution in [1.82, 2.24) is 20.1 Å². The molecule has 5 rings (SSSR count). The van der Waals surface area contributed by atoms with E-state index in [4.69, 9.17) is 16.7 Å². The summed E-state index contributed by atoms with van der Waals surface area (Å²) in [6, 6.07) is 8.08. The fourth-order valence-corrected chi connectivity index (χ4v) is 5.69. The van der Waals surface area contributed by atoms with E-state index in [-0.39, 0.29) is 29.2 Å². The number of nitrogens with one attached hydrogen (secondary N) is 2. The van der Waals surface area contributed by atoms with Gasteiger partial charge < -0.3 is 10.6 Å². The molecule has 3 aromatic rings. The van der Waals surface area contributed by atoms with Crippen LogP contribution in [-0.4, -0.2) is 32.6 Å². The number of carbonyl (C=O) groups excluding carboxylic acids is 2. The first-order chi connectivity index (χ1) is 16.2. The number of anilines is 1. The van der Waals surface area contributed by atoms with Crippen LogP contribution in [0.2, 0.25) is 5.02 Å². The van der Waals surface area contributed by atoms with Crippen LogP contribution in [0.25, 0.3) is 22.0 Å². The average molecular weight is 480 g/mol. The summed E-state index contributed by atoms with van der Waals surface area (Å²) >= 11 is 6.55. The molecule has 2 amide bonds. The van der Waals surface area contributed by atoms with Gasteiger partial charge in [0.2, 0.25) is 11.8 Å². The first kappa shape index (κ1) is 22.8. The molecule has 2 aromatic heterocycles. The predicted molar refractivity (Wildman–Crippen MR) is 134 cm³/mol. The lowest BCUT2D eigenvalue weighted by Crippen LogP contribution is -2.40. The standard InChI is InChI=1S/C26H30ClN5O2/c1-15(33)29-18-6-4-5-17(11-18)25(34)30-23-13-19(21(27)14-28-23)16-7-8-22-20(12-16)24-26(2,3)9-10-32(24)31-22/h7-8,12-14,17-18H,4-6,9-11H2,1-3H3,(H,29,33)(H,28,30,34)/t17-,18+/m0/s1. The van der Waals surface area contributed by atoms with Gasteiger partial charge >= 0.3 is 0 Å². The Morgan fingerprint density at radius 2 is 2.03 bits per heavy atom. The van der Waals surface area contributed by atoms with E-state index in [0.717, 1.165) is 54.3 Å². The van der Waals surface area contributed by atoms with Crippen LogP contribution in [0.4, 0.5) is 5.82 Å². The van der Waals surface area contributed by atoms with Crippen molar-refractivity contribution in [2.45, 2.75) is 70.9 Å². The average Bonchev–Trinajstić information content (AvgIpc) is 3.31. The van der Waals surface area contributed by atoms with Crippen LogP contribution >= 0.6 is 11.6 Å². The van der Waals surface area contributed by atoms with Gasteiger partial charge in [-0.25, -0.2) is 4.98 Å². The Labute approximate surface area is 204 Å². The molecular weight excluding hydrogens is 450 g/mol. The van der Waals surface area contributed by atoms with Crippen LogP contribution in [0.5, 0.6) is 0 Å². The number of aromatic nitrogens is 3. The Kier molecular flexibility index (Phi) is 5.84. The van der Waals surface area contributed by atoms with Crippen molar-refractivity contribution in [3.05, 3.63) is 41.2 Å². The van der Waals surface area contributed by atoms with E-state index in [1.165, 1.54) is 12.6 Å². The highest BCUT2D eigenvalue weighted by Gasteiger charge is 2.33. The van der Waals surface area contributed by atoms with Gasteiger partial charge in [0.25, 0.3) is 0 Å². The second-order valence-electron chi connectivity index (χ2n) is 10.2. The summed E-state index contributed by atoms with van der Waals surface area (Å²) in [5.74, 6) is 0.203. The number of fused-ring (bicyclic) bond motifs is 3. The molecular formula is C26H30ClN5O2. The van der Waals surface area contributed by atoms with Crippen molar-refractivity contribution < 1.29 is 9.59 Å². The number of nitrogens with zero attached hydrogens (tertiary/aromatic N) is 3. The number of carbonyl (C=O) groups is 2. The molecule has 2 aliphatic rings. The number of hydrogen-bond acceptors (Lipinski definition) is 4. The van der Waals surface area contributed by atoms with Crippen molar-refractivity contribution in [3.63, 3.8) is 0 Å². The highest BCUT2D eigenvalue weighted by molar-refractivity contribution is 6.33. The Hall–Kier alpha value is -2.93. The van der Waals surface area contributed by atoms with Crippen molar-refractivity contribution in [2.75, 3.05) is 5.32 Å². The van der Waals surface area contributed by atoms with E-state index >= 15 is 0 Å². The summed E-state index contributed by atoms with van der Waals surface area (Å²) in [5, 5.41) is 12.4. The summed E-state index contributed by atoms with van der Waals surface area (Å²) < 4.78 is 2.12. The van der Waals surface area contributed by atoms with Crippen LogP contribution in [0.1, 0.15) is 58.6 Å². The molecule has 1 aliphatic carbocycles. The smallest absolute Gasteiger partial charge is 0.228 e. The molecule has 1 aromatic carbocycles. The molecule has 1 aliphatic heterocycles. The quantitative estimate of drug-likeness (QED) is 0.547. The zero-order valence-electron chi connectivity index (χ0n) is 19.8. The lowest BCUT2D eigenvalue weighted by Gasteiger charge is -2.28. The van der Waals surface area contributed by atoms with Gasteiger partial charge in [0, 0.05) is 48.0 Å². The molecule has 0 spiro atoms. The third kappa shape index (κ3) is 4.29. The van der Waals surface area contributed by atoms with Gasteiger partial charge in [-0.05, 0) is 49.4 Å². The molecule has 34 heavy (non-hydrogen) atoms. The number of benzene rings is 1. The molecule has 2 N–H and O–H groups in total. The number of rotatable bonds is 4. The Bertz CT molecular complexity index is 1280. The summed E-state index contributed by atoms with van der Waals surface area (Å²) in [6.07, 6.45) is 5.93. The van der Waals surface area contributed by atoms with Gasteiger partial charge in [-0.1, -0.05) is 37.9 Å². The molecule has 1 saturated carbocycles. The SMILES string of the molecule is CC(=O)N[C@@H]1CCC[C@H](C(=O)Nc2cc(-c3ccc4nn5c(c4c3)C(C)(C)CC5)c(Cl)cn2)C1. The summed E-state index contributed by atoms with van der Waals surface area (Å²) in [7, 11) is 0. The van der Waals surface area contributed by atoms with E-state index in [1.54, 1.807) is 6.20 Å². The zero-order valence-corrected chi connectivity index (χ0v) is 20.6. The summed E-state index contributed by atoms with van der Waals surface area (Å²) in [6.45, 7) is 6.96. The minimum absolute atomic E-state index is 0.0458. The molecule has 1 fully saturated rings. The van der Waals surface area contributed by atoms with Crippen molar-refractivity contribution in [1.29, 1.82) is 0 Å². The number of aryl methyl sites for hydroxylation is 1. The Morgan fingerprint density at radius 1 is 1.21 bits per heavy atom. The number of pyridine rings is 1. The first-order valence-electron chi connectivity index (χ1n) is 12.0. The van der Waals surface area contributed by atoms with Gasteiger partial charge in [0.1, 0.15) is 5.82 Å². The molecule has 8 heteroatoms. The fraction of sp³-hybridized carbons (Fsp3) is 0.462. The number of amides is 2. The highest BCUT2D eigenvalue weighted by Crippen LogP contribution is 2.40. The van der Waals surface area contributed by atoms with Gasteiger partial charge in [0.15, 0.2) is 0 Å². The molecule has 0 unspecified atom stereocenters. The molecule has 2 atom stereocenters. The van der Waals surface area contributed by atoms with Crippen LogP contribution in [0.3, 0.4) is 0 Å². The highest BCUT2D eigenvalue weighted by atomic mass is 35.5. The Balaban J connectivity index is 1.40. The molecule has 0 bridgehead atoms. The van der Waals surface area contributed by atoms with Gasteiger partial charge in [-0.2, -0.15) is 5.10 Å². The molecule has 3 heterocycles. The van der Waals surface area contributed by atoms with Crippen LogP contribution < -0.4 is 10.6 Å². The maximum atomic E-state index is 13.0. The van der Waals surface area contributed by atoms with Crippen molar-refractivity contribution in [2.24, 2.45) is 5.92 Å². The topological polar surface area (TPSA) is 88.9 Å². The molecule has 7 nitrogen and oxygen atoms in total. The minimum atomic E-state index is -0.153. The number of halogens is 1. The lowest BCUT2D eigenvalue weighted by atomic mass is 9.85. The van der Waals surface area contributed by atoms with Gasteiger partial charge in [-0.15, -0.1) is 0 Å². The number of hydrogen-bond donors (Lipinski definition) is 2. The minimum Gasteiger partial charge on any atom is -0.354 e. The van der Waals surface area contributed by atoms with E-state index in [9.17, 15) is 9.59 Å². The van der Waals surface area contributed by atoms with Crippen molar-refractivity contribution in [3.8, 4) is 11.1 Å². The molecule has 178 valence electrons. The van der Waals surface area contributed by atoms with Gasteiger partial charge in [-0.3, -0.25) is 14.3 Å². The monoisotopic (exact) mass is 479 g/mol. The van der Waals surface area contributed by atoms with Crippen LogP contribution in [0.15, 0.2) is 30.5 Å². The Morgan fingerprint density at radius 3 is 2.82 bits per heavy atom.